The Morgan fingerprint density at radius 2 is 1.22 bits per heavy atom. The summed E-state index contributed by atoms with van der Waals surface area (Å²) >= 11 is 0. The monoisotopic (exact) mass is 594 g/mol. The molecule has 0 bridgehead atoms. The van der Waals surface area contributed by atoms with Crippen LogP contribution in [0.1, 0.15) is 72.2 Å². The van der Waals surface area contributed by atoms with Gasteiger partial charge in [-0.2, -0.15) is 0 Å². The second-order valence-corrected chi connectivity index (χ2v) is 14.6. The highest BCUT2D eigenvalue weighted by atomic mass is 16.3. The molecule has 1 heterocycles. The molecule has 6 aromatic carbocycles. The van der Waals surface area contributed by atoms with E-state index < -0.39 is 0 Å². The number of furan rings is 1. The normalized spacial score (nSPS) is 15.2. The van der Waals surface area contributed by atoms with Gasteiger partial charge in [-0.05, 0) is 111 Å². The molecule has 1 nitrogen and oxygen atoms in total. The summed E-state index contributed by atoms with van der Waals surface area (Å²) in [6.45, 7) is 14.0. The van der Waals surface area contributed by atoms with Crippen LogP contribution in [0.2, 0.25) is 0 Å². The van der Waals surface area contributed by atoms with Crippen LogP contribution in [-0.2, 0) is 17.3 Å². The van der Waals surface area contributed by atoms with Crippen molar-refractivity contribution >= 4 is 21.9 Å². The molecule has 0 spiro atoms. The van der Waals surface area contributed by atoms with Gasteiger partial charge in [-0.1, -0.05) is 119 Å². The van der Waals surface area contributed by atoms with Crippen molar-refractivity contribution in [3.63, 3.8) is 0 Å². The predicted octanol–water partition coefficient (Wildman–Crippen LogP) is 12.1. The first kappa shape index (κ1) is 27.4. The predicted molar refractivity (Wildman–Crippen MR) is 193 cm³/mol. The second kappa shape index (κ2) is 9.33. The summed E-state index contributed by atoms with van der Waals surface area (Å²) in [5, 5.41) is 2.39. The van der Waals surface area contributed by atoms with Crippen LogP contribution >= 0.6 is 0 Å². The fraction of sp³-hybridized carbons (Fsp3) is 0.200. The molecule has 2 aliphatic carbocycles. The van der Waals surface area contributed by atoms with Gasteiger partial charge < -0.3 is 4.42 Å². The topological polar surface area (TPSA) is 13.1 Å². The molecule has 0 fully saturated rings. The molecule has 1 heteroatoms. The van der Waals surface area contributed by atoms with E-state index in [0.29, 0.717) is 0 Å². The smallest absolute Gasteiger partial charge is 0.143 e. The fourth-order valence-electron chi connectivity index (χ4n) is 8.65. The average Bonchev–Trinajstić information content (AvgIpc) is 3.61. The van der Waals surface area contributed by atoms with Gasteiger partial charge >= 0.3 is 0 Å². The highest BCUT2D eigenvalue weighted by Crippen LogP contribution is 2.58. The number of hydrogen-bond acceptors (Lipinski definition) is 1. The molecule has 0 aliphatic heterocycles. The van der Waals surface area contributed by atoms with Gasteiger partial charge in [-0.3, -0.25) is 0 Å². The highest BCUT2D eigenvalue weighted by Gasteiger charge is 2.42. The zero-order valence-electron chi connectivity index (χ0n) is 27.5. The second-order valence-electron chi connectivity index (χ2n) is 14.6. The minimum atomic E-state index is -0.112. The molecule has 0 saturated carbocycles. The molecular formula is C45H38O. The summed E-state index contributed by atoms with van der Waals surface area (Å²) < 4.78 is 6.60. The van der Waals surface area contributed by atoms with Crippen molar-refractivity contribution in [1.29, 1.82) is 0 Å². The van der Waals surface area contributed by atoms with Crippen LogP contribution in [-0.4, -0.2) is 0 Å². The average molecular weight is 595 g/mol. The van der Waals surface area contributed by atoms with Gasteiger partial charge in [0.2, 0.25) is 0 Å². The van der Waals surface area contributed by atoms with Crippen molar-refractivity contribution in [3.05, 3.63) is 154 Å². The largest absolute Gasteiger partial charge is 0.455 e. The highest BCUT2D eigenvalue weighted by molar-refractivity contribution is 6.12. The first-order valence-corrected chi connectivity index (χ1v) is 16.6. The summed E-state index contributed by atoms with van der Waals surface area (Å²) in [7, 11) is 0. The summed E-state index contributed by atoms with van der Waals surface area (Å²) in [6, 6.07) is 40.8. The Morgan fingerprint density at radius 1 is 0.522 bits per heavy atom. The minimum absolute atomic E-state index is 0.109. The van der Waals surface area contributed by atoms with Crippen LogP contribution in [0, 0.1) is 13.8 Å². The van der Waals surface area contributed by atoms with Crippen LogP contribution in [0.3, 0.4) is 0 Å². The van der Waals surface area contributed by atoms with Crippen molar-refractivity contribution in [3.8, 4) is 33.4 Å². The molecule has 2 aliphatic rings. The maximum atomic E-state index is 6.60. The number of fused-ring (bicyclic) bond motifs is 10. The molecule has 0 saturated heterocycles. The van der Waals surface area contributed by atoms with Crippen LogP contribution < -0.4 is 0 Å². The number of aryl methyl sites for hydroxylation is 1. The third kappa shape index (κ3) is 3.63. The van der Waals surface area contributed by atoms with Crippen molar-refractivity contribution in [2.24, 2.45) is 0 Å². The van der Waals surface area contributed by atoms with E-state index >= 15 is 0 Å². The Labute approximate surface area is 271 Å². The Balaban J connectivity index is 1.15. The summed E-state index contributed by atoms with van der Waals surface area (Å²) in [6.07, 6.45) is 0.923. The number of para-hydroxylation sites is 1. The Kier molecular flexibility index (Phi) is 5.56. The first-order valence-electron chi connectivity index (χ1n) is 16.6. The summed E-state index contributed by atoms with van der Waals surface area (Å²) in [5.74, 6) is 0. The van der Waals surface area contributed by atoms with Gasteiger partial charge in [0.1, 0.15) is 11.2 Å². The van der Waals surface area contributed by atoms with E-state index in [1.165, 1.54) is 88.7 Å². The molecule has 0 unspecified atom stereocenters. The maximum absolute atomic E-state index is 6.60. The van der Waals surface area contributed by atoms with Gasteiger partial charge in [-0.15, -0.1) is 0 Å². The van der Waals surface area contributed by atoms with E-state index in [2.05, 4.69) is 151 Å². The molecule has 0 atom stereocenters. The molecular weight excluding hydrogens is 556 g/mol. The molecule has 9 rings (SSSR count). The lowest BCUT2D eigenvalue weighted by atomic mass is 9.79. The standard InChI is InChI=1S/C45H38O/c1-26-12-7-8-14-30(26)31-16-11-13-29(27(31)2)22-28-18-19-32-35-24-40-36(25-39(35)45(5,6)38(32)23-28)42-37(44(40,3)4)21-20-34-33-15-9-10-17-41(33)46-43(34)42/h7-21,23-25H,22H2,1-6H3. The lowest BCUT2D eigenvalue weighted by Gasteiger charge is -2.24. The maximum Gasteiger partial charge on any atom is 0.143 e. The van der Waals surface area contributed by atoms with E-state index in [1.54, 1.807) is 0 Å². The van der Waals surface area contributed by atoms with Gasteiger partial charge in [0.25, 0.3) is 0 Å². The molecule has 224 valence electrons. The zero-order chi connectivity index (χ0) is 31.5. The van der Waals surface area contributed by atoms with Crippen LogP contribution in [0.15, 0.2) is 114 Å². The van der Waals surface area contributed by atoms with E-state index in [0.717, 1.165) is 17.6 Å². The lowest BCUT2D eigenvalue weighted by molar-refractivity contribution is 0.649. The minimum Gasteiger partial charge on any atom is -0.455 e. The van der Waals surface area contributed by atoms with Crippen molar-refractivity contribution in [2.75, 3.05) is 0 Å². The molecule has 1 aromatic heterocycles. The van der Waals surface area contributed by atoms with E-state index in [4.69, 9.17) is 4.42 Å². The Hall–Kier alpha value is -4.88. The Bertz CT molecular complexity index is 2410. The number of benzene rings is 6. The zero-order valence-corrected chi connectivity index (χ0v) is 27.5. The fourth-order valence-corrected chi connectivity index (χ4v) is 8.65. The van der Waals surface area contributed by atoms with E-state index in [-0.39, 0.29) is 10.8 Å². The van der Waals surface area contributed by atoms with Crippen molar-refractivity contribution in [1.82, 2.24) is 0 Å². The van der Waals surface area contributed by atoms with E-state index in [1.807, 2.05) is 0 Å². The molecule has 46 heavy (non-hydrogen) atoms. The van der Waals surface area contributed by atoms with Crippen molar-refractivity contribution < 1.29 is 4.42 Å². The lowest BCUT2D eigenvalue weighted by Crippen LogP contribution is -2.17. The van der Waals surface area contributed by atoms with Gasteiger partial charge in [0.05, 0.1) is 0 Å². The Morgan fingerprint density at radius 3 is 2.07 bits per heavy atom. The molecule has 7 aromatic rings. The number of hydrogen-bond donors (Lipinski definition) is 0. The van der Waals surface area contributed by atoms with Crippen LogP contribution in [0.5, 0.6) is 0 Å². The molecule has 0 radical (unpaired) electrons. The third-order valence-corrected chi connectivity index (χ3v) is 11.3. The quantitative estimate of drug-likeness (QED) is 0.198. The van der Waals surface area contributed by atoms with E-state index in [9.17, 15) is 0 Å². The number of rotatable bonds is 3. The van der Waals surface area contributed by atoms with Gasteiger partial charge in [-0.25, -0.2) is 0 Å². The van der Waals surface area contributed by atoms with Gasteiger partial charge in [0, 0.05) is 27.2 Å². The van der Waals surface area contributed by atoms with Crippen LogP contribution in [0.25, 0.3) is 55.3 Å². The molecule has 0 amide bonds. The summed E-state index contributed by atoms with van der Waals surface area (Å²) in [5.41, 5.74) is 20.8. The van der Waals surface area contributed by atoms with Crippen LogP contribution in [0.4, 0.5) is 0 Å². The first-order chi connectivity index (χ1) is 22.1. The van der Waals surface area contributed by atoms with Crippen molar-refractivity contribution in [2.45, 2.75) is 58.8 Å². The third-order valence-electron chi connectivity index (χ3n) is 11.3. The summed E-state index contributed by atoms with van der Waals surface area (Å²) in [4.78, 5) is 0. The van der Waals surface area contributed by atoms with Gasteiger partial charge in [0.15, 0.2) is 0 Å². The molecule has 0 N–H and O–H groups in total. The SMILES string of the molecule is Cc1ccccc1-c1cccc(Cc2ccc3c(c2)C(C)(C)c2cc4c(cc2-3)C(C)(C)c2ccc3c(oc5ccccc53)c2-4)c1C.